The van der Waals surface area contributed by atoms with Gasteiger partial charge in [-0.1, -0.05) is 0 Å². The van der Waals surface area contributed by atoms with Gasteiger partial charge in [0.1, 0.15) is 23.8 Å². The first-order valence-electron chi connectivity index (χ1n) is 8.40. The van der Waals surface area contributed by atoms with Gasteiger partial charge in [0.15, 0.2) is 0 Å². The number of hydrogen-bond acceptors (Lipinski definition) is 4. The zero-order chi connectivity index (χ0) is 17.4. The van der Waals surface area contributed by atoms with Gasteiger partial charge in [-0.25, -0.2) is 18.7 Å². The van der Waals surface area contributed by atoms with E-state index in [4.69, 9.17) is 0 Å². The molecule has 2 saturated heterocycles. The van der Waals surface area contributed by atoms with Crippen LogP contribution in [0.2, 0.25) is 0 Å². The van der Waals surface area contributed by atoms with Crippen molar-refractivity contribution in [2.45, 2.75) is 18.9 Å². The number of likely N-dealkylation sites (tertiary alicyclic amines) is 1. The largest absolute Gasteiger partial charge is 0.354 e. The molecule has 2 aromatic rings. The van der Waals surface area contributed by atoms with Gasteiger partial charge in [-0.15, -0.1) is 0 Å². The van der Waals surface area contributed by atoms with Gasteiger partial charge in [-0.05, 0) is 37.0 Å². The highest BCUT2D eigenvalue weighted by Crippen LogP contribution is 2.34. The third-order valence-electron chi connectivity index (χ3n) is 5.18. The minimum atomic E-state index is -0.808. The van der Waals surface area contributed by atoms with Gasteiger partial charge in [-0.3, -0.25) is 4.79 Å². The first kappa shape index (κ1) is 15.9. The summed E-state index contributed by atoms with van der Waals surface area (Å²) >= 11 is 0. The molecule has 2 unspecified atom stereocenters. The van der Waals surface area contributed by atoms with Crippen LogP contribution in [0.25, 0.3) is 0 Å². The maximum Gasteiger partial charge on any atom is 0.257 e. The molecule has 2 fully saturated rings. The molecular formula is C18H18F2N4O. The number of carbonyl (C=O) groups excluding carboxylic acids is 1. The molecule has 0 spiro atoms. The molecule has 1 aromatic carbocycles. The van der Waals surface area contributed by atoms with Gasteiger partial charge >= 0.3 is 0 Å². The maximum atomic E-state index is 14.0. The van der Waals surface area contributed by atoms with Crippen LogP contribution in [-0.2, 0) is 0 Å². The van der Waals surface area contributed by atoms with Crippen LogP contribution in [-0.4, -0.2) is 46.5 Å². The number of aromatic nitrogens is 2. The molecule has 1 aromatic heterocycles. The van der Waals surface area contributed by atoms with E-state index in [0.717, 1.165) is 37.3 Å². The SMILES string of the molecule is O=C(c1ccc(F)cc1F)N1CCC2CCN(c3ccncn3)CC21. The van der Waals surface area contributed by atoms with Crippen molar-refractivity contribution in [3.63, 3.8) is 0 Å². The van der Waals surface area contributed by atoms with E-state index in [2.05, 4.69) is 14.9 Å². The molecule has 5 nitrogen and oxygen atoms in total. The van der Waals surface area contributed by atoms with E-state index in [1.807, 2.05) is 6.07 Å². The van der Waals surface area contributed by atoms with Crippen molar-refractivity contribution in [1.29, 1.82) is 0 Å². The van der Waals surface area contributed by atoms with Gasteiger partial charge in [0.2, 0.25) is 0 Å². The highest BCUT2D eigenvalue weighted by molar-refractivity contribution is 5.95. The summed E-state index contributed by atoms with van der Waals surface area (Å²) in [5, 5.41) is 0. The van der Waals surface area contributed by atoms with Crippen LogP contribution in [0.3, 0.4) is 0 Å². The van der Waals surface area contributed by atoms with Crippen LogP contribution in [0, 0.1) is 17.6 Å². The van der Waals surface area contributed by atoms with Crippen LogP contribution in [0.5, 0.6) is 0 Å². The summed E-state index contributed by atoms with van der Waals surface area (Å²) in [6, 6.07) is 4.97. The second kappa shape index (κ2) is 6.38. The van der Waals surface area contributed by atoms with Crippen LogP contribution in [0.4, 0.5) is 14.6 Å². The quantitative estimate of drug-likeness (QED) is 0.840. The lowest BCUT2D eigenvalue weighted by molar-refractivity contribution is 0.0707. The standard InChI is InChI=1S/C18H18F2N4O/c19-13-1-2-14(15(20)9-13)18(25)24-8-5-12-4-7-23(10-16(12)24)17-3-6-21-11-22-17/h1-3,6,9,11-12,16H,4-5,7-8,10H2. The Labute approximate surface area is 144 Å². The van der Waals surface area contributed by atoms with E-state index >= 15 is 0 Å². The molecule has 0 radical (unpaired) electrons. The highest BCUT2D eigenvalue weighted by atomic mass is 19.1. The molecule has 2 aliphatic rings. The Morgan fingerprint density at radius 1 is 1.16 bits per heavy atom. The summed E-state index contributed by atoms with van der Waals surface area (Å²) < 4.78 is 27.1. The number of anilines is 1. The minimum Gasteiger partial charge on any atom is -0.354 e. The van der Waals surface area contributed by atoms with Crippen LogP contribution < -0.4 is 4.90 Å². The van der Waals surface area contributed by atoms with Crippen molar-refractivity contribution >= 4 is 11.7 Å². The number of halogens is 2. The maximum absolute atomic E-state index is 14.0. The van der Waals surface area contributed by atoms with E-state index in [1.165, 1.54) is 12.4 Å². The molecular weight excluding hydrogens is 326 g/mol. The number of carbonyl (C=O) groups is 1. The minimum absolute atomic E-state index is 0.0145. The number of fused-ring (bicyclic) bond motifs is 1. The van der Waals surface area contributed by atoms with Gasteiger partial charge in [0.25, 0.3) is 5.91 Å². The summed E-state index contributed by atoms with van der Waals surface area (Å²) in [5.74, 6) is -0.612. The van der Waals surface area contributed by atoms with Crippen molar-refractivity contribution in [1.82, 2.24) is 14.9 Å². The topological polar surface area (TPSA) is 49.3 Å². The lowest BCUT2D eigenvalue weighted by atomic mass is 9.92. The van der Waals surface area contributed by atoms with E-state index in [9.17, 15) is 13.6 Å². The Balaban J connectivity index is 1.56. The van der Waals surface area contributed by atoms with Gasteiger partial charge < -0.3 is 9.80 Å². The number of amides is 1. The van der Waals surface area contributed by atoms with Crippen molar-refractivity contribution in [3.05, 3.63) is 54.0 Å². The third-order valence-corrected chi connectivity index (χ3v) is 5.18. The average molecular weight is 344 g/mol. The number of benzene rings is 1. The molecule has 1 amide bonds. The van der Waals surface area contributed by atoms with E-state index < -0.39 is 11.6 Å². The number of nitrogens with zero attached hydrogens (tertiary/aromatic N) is 4. The van der Waals surface area contributed by atoms with Crippen LogP contribution in [0.15, 0.2) is 36.8 Å². The summed E-state index contributed by atoms with van der Waals surface area (Å²) in [4.78, 5) is 24.9. The molecule has 0 aliphatic carbocycles. The molecule has 7 heteroatoms. The normalized spacial score (nSPS) is 22.8. The fourth-order valence-corrected chi connectivity index (χ4v) is 3.89. The number of rotatable bonds is 2. The monoisotopic (exact) mass is 344 g/mol. The van der Waals surface area contributed by atoms with Gasteiger partial charge in [-0.2, -0.15) is 0 Å². The Morgan fingerprint density at radius 3 is 2.76 bits per heavy atom. The summed E-state index contributed by atoms with van der Waals surface area (Å²) in [5.41, 5.74) is -0.0683. The Hall–Kier alpha value is -2.57. The summed E-state index contributed by atoms with van der Waals surface area (Å²) in [6.45, 7) is 2.14. The van der Waals surface area contributed by atoms with Gasteiger partial charge in [0.05, 0.1) is 11.6 Å². The molecule has 0 saturated carbocycles. The van der Waals surface area contributed by atoms with Gasteiger partial charge in [0, 0.05) is 31.9 Å². The number of piperidine rings is 1. The van der Waals surface area contributed by atoms with Crippen LogP contribution in [0.1, 0.15) is 23.2 Å². The third kappa shape index (κ3) is 2.94. The Bertz CT molecular complexity index is 786. The Morgan fingerprint density at radius 2 is 2.00 bits per heavy atom. The second-order valence-corrected chi connectivity index (χ2v) is 6.54. The summed E-state index contributed by atoms with van der Waals surface area (Å²) in [6.07, 6.45) is 5.08. The predicted molar refractivity (Wildman–Crippen MR) is 88.2 cm³/mol. The molecule has 2 aliphatic heterocycles. The first-order valence-corrected chi connectivity index (χ1v) is 8.40. The molecule has 0 bridgehead atoms. The van der Waals surface area contributed by atoms with Crippen LogP contribution >= 0.6 is 0 Å². The molecule has 0 N–H and O–H groups in total. The molecule has 2 atom stereocenters. The predicted octanol–water partition coefficient (Wildman–Crippen LogP) is 2.50. The fourth-order valence-electron chi connectivity index (χ4n) is 3.89. The fraction of sp³-hybridized carbons (Fsp3) is 0.389. The van der Waals surface area contributed by atoms with E-state index in [0.29, 0.717) is 19.0 Å². The lowest BCUT2D eigenvalue weighted by Gasteiger charge is -2.39. The number of hydrogen-bond donors (Lipinski definition) is 0. The van der Waals surface area contributed by atoms with Crippen molar-refractivity contribution < 1.29 is 13.6 Å². The molecule has 25 heavy (non-hydrogen) atoms. The molecule has 3 heterocycles. The molecule has 130 valence electrons. The highest BCUT2D eigenvalue weighted by Gasteiger charge is 2.41. The second-order valence-electron chi connectivity index (χ2n) is 6.54. The lowest BCUT2D eigenvalue weighted by Crippen LogP contribution is -2.50. The Kier molecular flexibility index (Phi) is 4.07. The zero-order valence-electron chi connectivity index (χ0n) is 13.6. The van der Waals surface area contributed by atoms with Crippen molar-refractivity contribution in [2.75, 3.05) is 24.5 Å². The molecule has 4 rings (SSSR count). The zero-order valence-corrected chi connectivity index (χ0v) is 13.6. The van der Waals surface area contributed by atoms with Crippen molar-refractivity contribution in [3.8, 4) is 0 Å². The summed E-state index contributed by atoms with van der Waals surface area (Å²) in [7, 11) is 0. The smallest absolute Gasteiger partial charge is 0.257 e. The van der Waals surface area contributed by atoms with E-state index in [1.54, 1.807) is 11.1 Å². The van der Waals surface area contributed by atoms with E-state index in [-0.39, 0.29) is 17.5 Å². The van der Waals surface area contributed by atoms with Crippen molar-refractivity contribution in [2.24, 2.45) is 5.92 Å². The first-order chi connectivity index (χ1) is 12.1. The average Bonchev–Trinajstić information content (AvgIpc) is 3.05.